The Morgan fingerprint density at radius 3 is 2.94 bits per heavy atom. The highest BCUT2D eigenvalue weighted by atomic mass is 35.5. The Morgan fingerprint density at radius 1 is 1.56 bits per heavy atom. The molecule has 2 rings (SSSR count). The molecule has 0 aliphatic rings. The van der Waals surface area contributed by atoms with Crippen LogP contribution in [0.4, 0.5) is 10.1 Å². The molecule has 1 aromatic heterocycles. The Balaban J connectivity index is 2.08. The smallest absolute Gasteiger partial charge is 0.244 e. The van der Waals surface area contributed by atoms with Gasteiger partial charge in [0.25, 0.3) is 0 Å². The van der Waals surface area contributed by atoms with Crippen molar-refractivity contribution in [2.75, 3.05) is 5.32 Å². The third kappa shape index (κ3) is 2.96. The van der Waals surface area contributed by atoms with Crippen molar-refractivity contribution < 1.29 is 9.18 Å². The van der Waals surface area contributed by atoms with E-state index in [1.807, 2.05) is 0 Å². The van der Waals surface area contributed by atoms with Crippen molar-refractivity contribution in [3.63, 3.8) is 0 Å². The van der Waals surface area contributed by atoms with Crippen molar-refractivity contribution in [1.82, 2.24) is 4.57 Å². The molecule has 0 aliphatic heterocycles. The van der Waals surface area contributed by atoms with E-state index in [4.69, 9.17) is 17.0 Å². The summed E-state index contributed by atoms with van der Waals surface area (Å²) in [4.78, 5) is 12.0. The summed E-state index contributed by atoms with van der Waals surface area (Å²) >= 11 is 7.02. The molecule has 0 spiro atoms. The van der Waals surface area contributed by atoms with Crippen LogP contribution in [-0.4, -0.2) is 10.5 Å². The van der Waals surface area contributed by atoms with Crippen LogP contribution in [0.1, 0.15) is 0 Å². The van der Waals surface area contributed by atoms with E-state index in [1.165, 1.54) is 28.0 Å². The Morgan fingerprint density at radius 2 is 2.33 bits per heavy atom. The molecule has 18 heavy (non-hydrogen) atoms. The van der Waals surface area contributed by atoms with Gasteiger partial charge >= 0.3 is 0 Å². The molecule has 0 fully saturated rings. The van der Waals surface area contributed by atoms with Crippen molar-refractivity contribution >= 4 is 34.5 Å². The second kappa shape index (κ2) is 5.32. The first-order valence-corrected chi connectivity index (χ1v) is 6.25. The van der Waals surface area contributed by atoms with E-state index < -0.39 is 5.82 Å². The number of hydrogen-bond acceptors (Lipinski definition) is 3. The fourth-order valence-corrected chi connectivity index (χ4v) is 2.18. The molecule has 2 N–H and O–H groups in total. The van der Waals surface area contributed by atoms with Gasteiger partial charge in [-0.2, -0.15) is 0 Å². The molecule has 1 aromatic carbocycles. The summed E-state index contributed by atoms with van der Waals surface area (Å²) in [5, 5.41) is 12.0. The van der Waals surface area contributed by atoms with Gasteiger partial charge in [-0.3, -0.25) is 10.2 Å². The summed E-state index contributed by atoms with van der Waals surface area (Å²) in [6, 6.07) is 3.75. The molecule has 2 aromatic rings. The Hall–Kier alpha value is -1.66. The van der Waals surface area contributed by atoms with E-state index >= 15 is 0 Å². The van der Waals surface area contributed by atoms with Crippen LogP contribution >= 0.6 is 22.9 Å². The number of carbonyl (C=O) groups is 1. The monoisotopic (exact) mass is 285 g/mol. The minimum atomic E-state index is -0.460. The lowest BCUT2D eigenvalue weighted by Crippen LogP contribution is -2.23. The van der Waals surface area contributed by atoms with Crippen molar-refractivity contribution in [2.45, 2.75) is 6.54 Å². The van der Waals surface area contributed by atoms with Gasteiger partial charge in [0, 0.05) is 11.6 Å². The molecule has 94 valence electrons. The molecule has 1 amide bonds. The zero-order valence-corrected chi connectivity index (χ0v) is 10.7. The van der Waals surface area contributed by atoms with Crippen molar-refractivity contribution in [3.05, 3.63) is 45.4 Å². The maximum absolute atomic E-state index is 12.8. The van der Waals surface area contributed by atoms with E-state index in [-0.39, 0.29) is 22.3 Å². The van der Waals surface area contributed by atoms with Gasteiger partial charge in [-0.15, -0.1) is 11.3 Å². The first-order chi connectivity index (χ1) is 8.56. The number of thiazole rings is 1. The topological polar surface area (TPSA) is 57.9 Å². The molecule has 0 saturated carbocycles. The number of rotatable bonds is 3. The second-order valence-electron chi connectivity index (χ2n) is 3.51. The van der Waals surface area contributed by atoms with Crippen molar-refractivity contribution in [1.29, 1.82) is 5.41 Å². The highest BCUT2D eigenvalue weighted by Crippen LogP contribution is 2.22. The number of benzene rings is 1. The van der Waals surface area contributed by atoms with Gasteiger partial charge < -0.3 is 9.88 Å². The van der Waals surface area contributed by atoms with E-state index in [2.05, 4.69) is 5.32 Å². The van der Waals surface area contributed by atoms with Crippen LogP contribution in [0.5, 0.6) is 0 Å². The Kier molecular flexibility index (Phi) is 3.78. The Bertz CT molecular complexity index is 637. The van der Waals surface area contributed by atoms with Gasteiger partial charge in [0.15, 0.2) is 4.80 Å². The minimum absolute atomic E-state index is 0.0238. The van der Waals surface area contributed by atoms with Crippen LogP contribution in [0, 0.1) is 11.2 Å². The summed E-state index contributed by atoms with van der Waals surface area (Å²) in [6.07, 6.45) is 1.65. The van der Waals surface area contributed by atoms with Gasteiger partial charge in [-0.05, 0) is 18.2 Å². The lowest BCUT2D eigenvalue weighted by molar-refractivity contribution is -0.116. The number of carbonyl (C=O) groups excluding carboxylic acids is 1. The maximum atomic E-state index is 12.8. The zero-order valence-electron chi connectivity index (χ0n) is 9.11. The number of amides is 1. The summed E-state index contributed by atoms with van der Waals surface area (Å²) < 4.78 is 14.3. The molecule has 0 radical (unpaired) electrons. The molecule has 0 saturated heterocycles. The van der Waals surface area contributed by atoms with Crippen LogP contribution in [0.25, 0.3) is 0 Å². The standard InChI is InChI=1S/C11H9ClFN3OS/c12-8-5-7(13)1-2-9(8)15-10(17)6-16-3-4-18-11(16)14/h1-5,14H,6H2,(H,15,17). The predicted octanol–water partition coefficient (Wildman–Crippen LogP) is 2.46. The third-order valence-corrected chi connectivity index (χ3v) is 3.23. The first kappa shape index (κ1) is 12.8. The molecular weight excluding hydrogens is 277 g/mol. The normalized spacial score (nSPS) is 10.3. The van der Waals surface area contributed by atoms with Crippen LogP contribution in [0.2, 0.25) is 5.02 Å². The lowest BCUT2D eigenvalue weighted by atomic mass is 10.3. The molecule has 4 nitrogen and oxygen atoms in total. The van der Waals surface area contributed by atoms with Crippen LogP contribution in [0.3, 0.4) is 0 Å². The van der Waals surface area contributed by atoms with Crippen LogP contribution in [-0.2, 0) is 11.3 Å². The minimum Gasteiger partial charge on any atom is -0.323 e. The highest BCUT2D eigenvalue weighted by Gasteiger charge is 2.07. The summed E-state index contributed by atoms with van der Waals surface area (Å²) in [6.45, 7) is 0.0238. The van der Waals surface area contributed by atoms with Gasteiger partial charge in [0.1, 0.15) is 12.4 Å². The van der Waals surface area contributed by atoms with Crippen molar-refractivity contribution in [3.8, 4) is 0 Å². The fraction of sp³-hybridized carbons (Fsp3) is 0.0909. The van der Waals surface area contributed by atoms with E-state index in [0.717, 1.165) is 6.07 Å². The average Bonchev–Trinajstić information content (AvgIpc) is 2.69. The molecular formula is C11H9ClFN3OS. The van der Waals surface area contributed by atoms with Gasteiger partial charge in [-0.1, -0.05) is 11.6 Å². The Labute approximate surface area is 111 Å². The third-order valence-electron chi connectivity index (χ3n) is 2.20. The second-order valence-corrected chi connectivity index (χ2v) is 4.81. The SMILES string of the molecule is N=c1sccn1CC(=O)Nc1ccc(F)cc1Cl. The number of nitrogens with zero attached hydrogens (tertiary/aromatic N) is 1. The number of anilines is 1. The summed E-state index contributed by atoms with van der Waals surface area (Å²) in [5.41, 5.74) is 0.352. The lowest BCUT2D eigenvalue weighted by Gasteiger charge is -2.07. The first-order valence-electron chi connectivity index (χ1n) is 4.99. The largest absolute Gasteiger partial charge is 0.323 e. The predicted molar refractivity (Wildman–Crippen MR) is 68.2 cm³/mol. The molecule has 0 aliphatic carbocycles. The number of nitrogens with one attached hydrogen (secondary N) is 2. The fourth-order valence-electron chi connectivity index (χ4n) is 1.36. The van der Waals surface area contributed by atoms with Crippen LogP contribution < -0.4 is 10.1 Å². The quantitative estimate of drug-likeness (QED) is 0.894. The van der Waals surface area contributed by atoms with E-state index in [9.17, 15) is 9.18 Å². The number of hydrogen-bond donors (Lipinski definition) is 2. The average molecular weight is 286 g/mol. The van der Waals surface area contributed by atoms with Crippen molar-refractivity contribution in [2.24, 2.45) is 0 Å². The summed E-state index contributed by atoms with van der Waals surface area (Å²) in [7, 11) is 0. The molecule has 0 atom stereocenters. The summed E-state index contributed by atoms with van der Waals surface area (Å²) in [5.74, 6) is -0.779. The van der Waals surface area contributed by atoms with Gasteiger partial charge in [0.2, 0.25) is 5.91 Å². The van der Waals surface area contributed by atoms with Crippen LogP contribution in [0.15, 0.2) is 29.8 Å². The number of aromatic nitrogens is 1. The molecule has 1 heterocycles. The van der Waals surface area contributed by atoms with E-state index in [1.54, 1.807) is 11.6 Å². The zero-order chi connectivity index (χ0) is 13.1. The molecule has 7 heteroatoms. The number of halogens is 2. The van der Waals surface area contributed by atoms with E-state index in [0.29, 0.717) is 5.69 Å². The highest BCUT2D eigenvalue weighted by molar-refractivity contribution is 7.06. The molecule has 0 bridgehead atoms. The maximum Gasteiger partial charge on any atom is 0.244 e. The molecule has 0 unspecified atom stereocenters. The van der Waals surface area contributed by atoms with Gasteiger partial charge in [0.05, 0.1) is 10.7 Å². The van der Waals surface area contributed by atoms with Gasteiger partial charge in [-0.25, -0.2) is 4.39 Å².